The molecule has 1 nitrogen and oxygen atoms in total. The van der Waals surface area contributed by atoms with Crippen molar-refractivity contribution in [1.29, 1.82) is 0 Å². The maximum Gasteiger partial charge on any atom is 0.163 e. The van der Waals surface area contributed by atoms with Crippen LogP contribution in [0, 0.1) is 23.3 Å². The number of benzene rings is 2. The van der Waals surface area contributed by atoms with Crippen molar-refractivity contribution in [2.45, 2.75) is 6.54 Å². The Bertz CT molecular complexity index is 569. The zero-order valence-electron chi connectivity index (χ0n) is 9.18. The fourth-order valence-corrected chi connectivity index (χ4v) is 1.49. The van der Waals surface area contributed by atoms with E-state index in [2.05, 4.69) is 5.32 Å². The first-order valence-corrected chi connectivity index (χ1v) is 5.20. The predicted molar refractivity (Wildman–Crippen MR) is 60.0 cm³/mol. The van der Waals surface area contributed by atoms with Crippen molar-refractivity contribution >= 4 is 5.69 Å². The second-order valence-electron chi connectivity index (χ2n) is 3.70. The van der Waals surface area contributed by atoms with E-state index in [1.807, 2.05) is 0 Å². The quantitative estimate of drug-likeness (QED) is 0.821. The third kappa shape index (κ3) is 2.61. The minimum Gasteiger partial charge on any atom is -0.381 e. The van der Waals surface area contributed by atoms with Gasteiger partial charge in [0.15, 0.2) is 23.3 Å². The maximum atomic E-state index is 13.3. The van der Waals surface area contributed by atoms with Crippen molar-refractivity contribution in [2.75, 3.05) is 5.32 Å². The average Bonchev–Trinajstić information content (AvgIpc) is 2.35. The lowest BCUT2D eigenvalue weighted by Crippen LogP contribution is -2.03. The number of nitrogens with one attached hydrogen (secondary N) is 1. The molecule has 2 aromatic rings. The predicted octanol–water partition coefficient (Wildman–Crippen LogP) is 3.86. The highest BCUT2D eigenvalue weighted by atomic mass is 19.2. The van der Waals surface area contributed by atoms with Crippen molar-refractivity contribution in [3.63, 3.8) is 0 Å². The number of halogens is 4. The van der Waals surface area contributed by atoms with E-state index in [9.17, 15) is 17.6 Å². The van der Waals surface area contributed by atoms with E-state index in [-0.39, 0.29) is 17.8 Å². The molecule has 0 aliphatic rings. The van der Waals surface area contributed by atoms with Crippen LogP contribution in [0.15, 0.2) is 36.4 Å². The first kappa shape index (κ1) is 12.4. The van der Waals surface area contributed by atoms with E-state index in [0.29, 0.717) is 0 Å². The lowest BCUT2D eigenvalue weighted by Gasteiger charge is -2.08. The molecule has 0 unspecified atom stereocenters. The molecule has 0 heterocycles. The minimum absolute atomic E-state index is 0.0192. The van der Waals surface area contributed by atoms with Gasteiger partial charge in [-0.05, 0) is 18.2 Å². The first-order chi connectivity index (χ1) is 8.58. The van der Waals surface area contributed by atoms with Crippen LogP contribution in [0.5, 0.6) is 0 Å². The summed E-state index contributed by atoms with van der Waals surface area (Å²) >= 11 is 0. The number of hydrogen-bond donors (Lipinski definition) is 1. The van der Waals surface area contributed by atoms with Gasteiger partial charge in [0, 0.05) is 23.9 Å². The second-order valence-corrected chi connectivity index (χ2v) is 3.70. The van der Waals surface area contributed by atoms with E-state index < -0.39 is 23.3 Å². The van der Waals surface area contributed by atoms with Gasteiger partial charge in [-0.3, -0.25) is 0 Å². The molecule has 0 saturated heterocycles. The van der Waals surface area contributed by atoms with Crippen LogP contribution < -0.4 is 5.32 Å². The Morgan fingerprint density at radius 3 is 2.33 bits per heavy atom. The van der Waals surface area contributed by atoms with Crippen molar-refractivity contribution in [3.05, 3.63) is 65.2 Å². The van der Waals surface area contributed by atoms with Crippen molar-refractivity contribution < 1.29 is 17.6 Å². The molecule has 0 aliphatic heterocycles. The van der Waals surface area contributed by atoms with Crippen LogP contribution >= 0.6 is 0 Å². The van der Waals surface area contributed by atoms with Gasteiger partial charge in [0.1, 0.15) is 0 Å². The molecule has 0 saturated carbocycles. The molecule has 0 aliphatic carbocycles. The van der Waals surface area contributed by atoms with Gasteiger partial charge >= 0.3 is 0 Å². The Labute approximate surface area is 101 Å². The molecule has 1 N–H and O–H groups in total. The Morgan fingerprint density at radius 2 is 1.61 bits per heavy atom. The summed E-state index contributed by atoms with van der Waals surface area (Å²) in [5.74, 6) is -3.86. The Hall–Kier alpha value is -2.04. The lowest BCUT2D eigenvalue weighted by atomic mass is 10.2. The highest BCUT2D eigenvalue weighted by Gasteiger charge is 2.07. The summed E-state index contributed by atoms with van der Waals surface area (Å²) in [6, 6.07) is 7.02. The molecule has 0 bridgehead atoms. The maximum absolute atomic E-state index is 13.3. The van der Waals surface area contributed by atoms with Gasteiger partial charge in [0.05, 0.1) is 0 Å². The molecule has 0 atom stereocenters. The summed E-state index contributed by atoms with van der Waals surface area (Å²) in [7, 11) is 0. The third-order valence-electron chi connectivity index (χ3n) is 2.43. The average molecular weight is 255 g/mol. The summed E-state index contributed by atoms with van der Waals surface area (Å²) in [6.07, 6.45) is 0. The summed E-state index contributed by atoms with van der Waals surface area (Å²) in [6.45, 7) is -0.0192. The van der Waals surface area contributed by atoms with Crippen LogP contribution in [0.25, 0.3) is 0 Å². The zero-order chi connectivity index (χ0) is 13.1. The van der Waals surface area contributed by atoms with Gasteiger partial charge < -0.3 is 5.32 Å². The monoisotopic (exact) mass is 255 g/mol. The smallest absolute Gasteiger partial charge is 0.163 e. The molecule has 0 fully saturated rings. The van der Waals surface area contributed by atoms with Crippen molar-refractivity contribution in [3.8, 4) is 0 Å². The molecular formula is C13H9F4N. The second kappa shape index (κ2) is 5.08. The van der Waals surface area contributed by atoms with Crippen LogP contribution in [0.1, 0.15) is 5.56 Å². The van der Waals surface area contributed by atoms with E-state index >= 15 is 0 Å². The lowest BCUT2D eigenvalue weighted by molar-refractivity contribution is 0.500. The number of anilines is 1. The Morgan fingerprint density at radius 1 is 0.833 bits per heavy atom. The summed E-state index contributed by atoms with van der Waals surface area (Å²) in [5, 5.41) is 2.68. The molecule has 0 radical (unpaired) electrons. The van der Waals surface area contributed by atoms with Gasteiger partial charge in [-0.25, -0.2) is 17.6 Å². The minimum atomic E-state index is -1.00. The Balaban J connectivity index is 2.11. The van der Waals surface area contributed by atoms with Crippen LogP contribution in [0.4, 0.5) is 23.2 Å². The van der Waals surface area contributed by atoms with Crippen molar-refractivity contribution in [1.82, 2.24) is 0 Å². The molecule has 0 aromatic heterocycles. The van der Waals surface area contributed by atoms with Crippen LogP contribution in [-0.4, -0.2) is 0 Å². The van der Waals surface area contributed by atoms with Crippen LogP contribution in [0.2, 0.25) is 0 Å². The highest BCUT2D eigenvalue weighted by molar-refractivity contribution is 5.44. The molecule has 94 valence electrons. The Kier molecular flexibility index (Phi) is 3.50. The molecule has 2 rings (SSSR count). The van der Waals surface area contributed by atoms with E-state index in [4.69, 9.17) is 0 Å². The van der Waals surface area contributed by atoms with Crippen LogP contribution in [0.3, 0.4) is 0 Å². The molecule has 5 heteroatoms. The van der Waals surface area contributed by atoms with Gasteiger partial charge in [-0.1, -0.05) is 12.1 Å². The fourth-order valence-electron chi connectivity index (χ4n) is 1.49. The summed E-state index contributed by atoms with van der Waals surface area (Å²) < 4.78 is 51.8. The third-order valence-corrected chi connectivity index (χ3v) is 2.43. The molecule has 0 spiro atoms. The molecule has 18 heavy (non-hydrogen) atoms. The molecule has 0 amide bonds. The molecular weight excluding hydrogens is 246 g/mol. The first-order valence-electron chi connectivity index (χ1n) is 5.20. The van der Waals surface area contributed by atoms with Crippen LogP contribution in [-0.2, 0) is 6.54 Å². The highest BCUT2D eigenvalue weighted by Crippen LogP contribution is 2.16. The fraction of sp³-hybridized carbons (Fsp3) is 0.0769. The van der Waals surface area contributed by atoms with E-state index in [1.54, 1.807) is 0 Å². The van der Waals surface area contributed by atoms with Gasteiger partial charge in [0.25, 0.3) is 0 Å². The van der Waals surface area contributed by atoms with Gasteiger partial charge in [-0.15, -0.1) is 0 Å². The number of hydrogen-bond acceptors (Lipinski definition) is 1. The normalized spacial score (nSPS) is 10.4. The SMILES string of the molecule is Fc1ccc(NCc2cccc(F)c2F)cc1F. The largest absolute Gasteiger partial charge is 0.381 e. The van der Waals surface area contributed by atoms with Gasteiger partial charge in [0.2, 0.25) is 0 Å². The van der Waals surface area contributed by atoms with Gasteiger partial charge in [-0.2, -0.15) is 0 Å². The zero-order valence-corrected chi connectivity index (χ0v) is 9.18. The standard InChI is InChI=1S/C13H9F4N/c14-10-5-4-9(6-12(10)16)18-7-8-2-1-3-11(15)13(8)17/h1-6,18H,7H2. The van der Waals surface area contributed by atoms with Crippen molar-refractivity contribution in [2.24, 2.45) is 0 Å². The van der Waals surface area contributed by atoms with E-state index in [0.717, 1.165) is 18.2 Å². The summed E-state index contributed by atoms with van der Waals surface area (Å²) in [4.78, 5) is 0. The van der Waals surface area contributed by atoms with E-state index in [1.165, 1.54) is 18.2 Å². The summed E-state index contributed by atoms with van der Waals surface area (Å²) in [5.41, 5.74) is 0.400. The number of rotatable bonds is 3. The molecule has 2 aromatic carbocycles. The topological polar surface area (TPSA) is 12.0 Å².